The number of hydrogen-bond donors (Lipinski definition) is 3. The third kappa shape index (κ3) is 10.1. The van der Waals surface area contributed by atoms with Gasteiger partial charge in [-0.1, -0.05) is 76.2 Å². The SMILES string of the molecule is COC(=O)CC[C@@H](C)C1CC[C@H]2[C@@H]3CC[C@@H]4C[C@](O)(Cn5cc(-c6ccc7c8ccc(-c9cn(C[C@]%10(O)CCC%11(C)C%12CCC%13(C)C([C@H](C)CCC(C)=O)CC[C@H]%13[C@@H]%12CC[C@@H]%11C%10)nn9)cc8n(CC[NH3+])c7c6)nn5)CCC4(C)C3CCC12C.[Cl-]. The second-order valence-corrected chi connectivity index (χ2v) is 31.0. The Balaban J connectivity index is 0.00000694. The monoisotopic (exact) mass is 1170 g/mol. The zero-order valence-electron chi connectivity index (χ0n) is 52.3. The van der Waals surface area contributed by atoms with E-state index in [2.05, 4.69) is 98.7 Å². The Bertz CT molecular complexity index is 3240. The van der Waals surface area contributed by atoms with Crippen LogP contribution in [0.2, 0.25) is 0 Å². The number of quaternary nitrogens is 1. The minimum absolute atomic E-state index is 0. The van der Waals surface area contributed by atoms with Gasteiger partial charge in [0.25, 0.3) is 0 Å². The van der Waals surface area contributed by atoms with Gasteiger partial charge in [-0.05, 0) is 240 Å². The minimum atomic E-state index is -0.819. The van der Waals surface area contributed by atoms with Gasteiger partial charge in [-0.2, -0.15) is 0 Å². The van der Waals surface area contributed by atoms with E-state index in [1.165, 1.54) is 94.9 Å². The summed E-state index contributed by atoms with van der Waals surface area (Å²) in [4.78, 5) is 24.0. The lowest BCUT2D eigenvalue weighted by Gasteiger charge is -2.62. The molecular formula is C70H101ClN8O5. The molecular weight excluding hydrogens is 1070 g/mol. The van der Waals surface area contributed by atoms with Crippen LogP contribution in [0.5, 0.6) is 0 Å². The number of hydrogen-bond acceptors (Lipinski definition) is 9. The molecule has 18 atom stereocenters. The number of aromatic nitrogens is 7. The number of Topliss-reactive ketones (excluding diaryl/α,β-unsaturated/α-hetero) is 1. The molecule has 0 aliphatic heterocycles. The van der Waals surface area contributed by atoms with Crippen molar-refractivity contribution >= 4 is 33.6 Å². The van der Waals surface area contributed by atoms with Crippen LogP contribution in [0.1, 0.15) is 190 Å². The maximum Gasteiger partial charge on any atom is 0.305 e. The standard InChI is InChI=1S/C70H100N8O5.ClH/c1-43(9-11-45(3)79)54-20-22-56-52-18-14-48-37-69(81,31-29-65(48,4)58(52)25-27-67(54,56)6)41-76-39-60(72-74-76)46-12-16-50-51-17-13-47(36-63(51)78(34-33-71)62(50)35-46)61-40-77(75-73-61)42-70(82)32-30-66(5)49(38-70)15-19-53-57-23-21-55(44(2)10-24-64(80)83-8)68(57,7)28-26-59(53)66;/h12-13,16-17,35-36,39-40,43-44,48-49,52-59,81-82H,9-11,14-15,18-34,37-38,41-42,71H2,1-8H3;1H/t43-,44-,48-,49-,52+,53+,54?,55?,56+,57+,58?,59?,65?,66?,67?,68?,69+,70+;/m1./s1. The number of methoxy groups -OCH3 is 1. The summed E-state index contributed by atoms with van der Waals surface area (Å²) in [5.41, 5.74) is 9.82. The fourth-order valence-corrected chi connectivity index (χ4v) is 22.6. The van der Waals surface area contributed by atoms with E-state index in [-0.39, 0.29) is 29.2 Å². The lowest BCUT2D eigenvalue weighted by molar-refractivity contribution is -0.369. The van der Waals surface area contributed by atoms with E-state index >= 15 is 0 Å². The molecule has 8 aliphatic rings. The van der Waals surface area contributed by atoms with Crippen LogP contribution in [0, 0.1) is 92.7 Å². The number of esters is 1. The van der Waals surface area contributed by atoms with Gasteiger partial charge in [-0.3, -0.25) is 4.79 Å². The van der Waals surface area contributed by atoms with Gasteiger partial charge in [0, 0.05) is 45.8 Å². The summed E-state index contributed by atoms with van der Waals surface area (Å²) >= 11 is 0. The minimum Gasteiger partial charge on any atom is -1.00 e. The Kier molecular flexibility index (Phi) is 16.1. The Hall–Kier alpha value is -4.17. The highest BCUT2D eigenvalue weighted by Gasteiger charge is 2.64. The van der Waals surface area contributed by atoms with Gasteiger partial charge in [-0.15, -0.1) is 10.2 Å². The van der Waals surface area contributed by atoms with Crippen LogP contribution in [0.3, 0.4) is 0 Å². The molecule has 13 rings (SSSR count). The maximum atomic E-state index is 12.4. The number of fused-ring (bicyclic) bond motifs is 13. The number of benzene rings is 2. The first kappa shape index (κ1) is 60.1. The zero-order valence-corrected chi connectivity index (χ0v) is 53.0. The van der Waals surface area contributed by atoms with Gasteiger partial charge in [0.2, 0.25) is 0 Å². The summed E-state index contributed by atoms with van der Waals surface area (Å²) in [6.45, 7) is 19.4. The average molecular weight is 1170 g/mol. The highest BCUT2D eigenvalue weighted by Crippen LogP contribution is 2.71. The van der Waals surface area contributed by atoms with Crippen LogP contribution < -0.4 is 18.1 Å². The smallest absolute Gasteiger partial charge is 0.305 e. The molecule has 8 fully saturated rings. The summed E-state index contributed by atoms with van der Waals surface area (Å²) in [6, 6.07) is 13.3. The van der Waals surface area contributed by atoms with Gasteiger partial charge in [-0.25, -0.2) is 9.36 Å². The van der Waals surface area contributed by atoms with E-state index in [9.17, 15) is 19.8 Å². The number of halogens is 1. The van der Waals surface area contributed by atoms with Crippen molar-refractivity contribution in [2.45, 2.75) is 221 Å². The van der Waals surface area contributed by atoms with E-state index < -0.39 is 11.2 Å². The van der Waals surface area contributed by atoms with Gasteiger partial charge in [0.15, 0.2) is 0 Å². The van der Waals surface area contributed by atoms with Crippen molar-refractivity contribution in [2.24, 2.45) is 92.7 Å². The number of carbonyl (C=O) groups is 2. The lowest BCUT2D eigenvalue weighted by Crippen LogP contribution is -3.00. The summed E-state index contributed by atoms with van der Waals surface area (Å²) < 4.78 is 11.2. The van der Waals surface area contributed by atoms with Crippen molar-refractivity contribution in [3.8, 4) is 22.5 Å². The summed E-state index contributed by atoms with van der Waals surface area (Å²) in [5, 5.41) is 46.0. The molecule has 13 nitrogen and oxygen atoms in total. The van der Waals surface area contributed by atoms with Gasteiger partial charge in [0.1, 0.15) is 17.2 Å². The molecule has 0 spiro atoms. The number of ether oxygens (including phenoxy) is 1. The van der Waals surface area contributed by atoms with E-state index in [1.54, 1.807) is 6.92 Å². The average Bonchev–Trinajstić information content (AvgIpc) is 1.40. The van der Waals surface area contributed by atoms with Crippen molar-refractivity contribution in [3.05, 3.63) is 48.8 Å². The van der Waals surface area contributed by atoms with Crippen LogP contribution in [-0.4, -0.2) is 81.4 Å². The van der Waals surface area contributed by atoms with Crippen LogP contribution in [0.25, 0.3) is 44.3 Å². The molecule has 0 amide bonds. The van der Waals surface area contributed by atoms with Crippen LogP contribution in [0.15, 0.2) is 48.8 Å². The first-order chi connectivity index (χ1) is 39.7. The number of aliphatic hydroxyl groups is 2. The molecule has 0 saturated heterocycles. The molecule has 8 unspecified atom stereocenters. The van der Waals surface area contributed by atoms with Crippen molar-refractivity contribution in [2.75, 3.05) is 13.7 Å². The van der Waals surface area contributed by atoms with Crippen molar-refractivity contribution in [1.82, 2.24) is 34.6 Å². The number of carbonyl (C=O) groups excluding carboxylic acids is 2. The molecule has 3 heterocycles. The molecule has 5 N–H and O–H groups in total. The number of ketones is 1. The molecule has 84 heavy (non-hydrogen) atoms. The van der Waals surface area contributed by atoms with E-state index in [0.29, 0.717) is 71.6 Å². The second kappa shape index (κ2) is 22.5. The predicted octanol–water partition coefficient (Wildman–Crippen LogP) is 9.93. The van der Waals surface area contributed by atoms with Crippen LogP contribution in [-0.2, 0) is 34.0 Å². The molecule has 5 aromatic rings. The zero-order chi connectivity index (χ0) is 58.0. The highest BCUT2D eigenvalue weighted by molar-refractivity contribution is 6.10. The van der Waals surface area contributed by atoms with Crippen molar-refractivity contribution < 1.29 is 42.7 Å². The molecule has 2 aromatic carbocycles. The normalized spacial score (nSPS) is 38.6. The third-order valence-corrected chi connectivity index (χ3v) is 27.0. The summed E-state index contributed by atoms with van der Waals surface area (Å²) in [5.74, 6) is 8.37. The molecule has 8 saturated carbocycles. The Morgan fingerprint density at radius 3 is 1.51 bits per heavy atom. The highest BCUT2D eigenvalue weighted by atomic mass is 35.5. The van der Waals surface area contributed by atoms with E-state index in [1.807, 2.05) is 21.8 Å². The van der Waals surface area contributed by atoms with Crippen molar-refractivity contribution in [1.29, 1.82) is 0 Å². The predicted molar refractivity (Wildman–Crippen MR) is 325 cm³/mol. The van der Waals surface area contributed by atoms with Crippen LogP contribution >= 0.6 is 0 Å². The summed E-state index contributed by atoms with van der Waals surface area (Å²) in [7, 11) is 1.51. The van der Waals surface area contributed by atoms with E-state index in [0.717, 1.165) is 140 Å². The number of nitrogens with zero attached hydrogens (tertiary/aromatic N) is 7. The third-order valence-electron chi connectivity index (χ3n) is 27.0. The molecule has 14 heteroatoms. The van der Waals surface area contributed by atoms with Gasteiger partial charge in [0.05, 0.1) is 56.9 Å². The Labute approximate surface area is 506 Å². The Morgan fingerprint density at radius 1 is 0.619 bits per heavy atom. The molecule has 0 bridgehead atoms. The van der Waals surface area contributed by atoms with Crippen molar-refractivity contribution in [3.63, 3.8) is 0 Å². The second-order valence-electron chi connectivity index (χ2n) is 31.0. The topological polar surface area (TPSA) is 178 Å². The fraction of sp³-hybridized carbons (Fsp3) is 0.743. The van der Waals surface area contributed by atoms with Gasteiger partial charge < -0.3 is 42.5 Å². The fourth-order valence-electron chi connectivity index (χ4n) is 22.6. The maximum absolute atomic E-state index is 12.4. The first-order valence-corrected chi connectivity index (χ1v) is 33.4. The molecule has 8 aliphatic carbocycles. The lowest BCUT2D eigenvalue weighted by atomic mass is 9.43. The molecule has 0 radical (unpaired) electrons. The van der Waals surface area contributed by atoms with Gasteiger partial charge >= 0.3 is 5.97 Å². The first-order valence-electron chi connectivity index (χ1n) is 33.4. The Morgan fingerprint density at radius 2 is 1.07 bits per heavy atom. The number of rotatable bonds is 16. The van der Waals surface area contributed by atoms with E-state index in [4.69, 9.17) is 14.9 Å². The quantitative estimate of drug-likeness (QED) is 0.0812. The van der Waals surface area contributed by atoms with Crippen LogP contribution in [0.4, 0.5) is 0 Å². The largest absolute Gasteiger partial charge is 1.00 e. The summed E-state index contributed by atoms with van der Waals surface area (Å²) in [6.07, 6.45) is 28.1. The molecule has 3 aromatic heterocycles. The molecule has 458 valence electrons.